The van der Waals surface area contributed by atoms with Gasteiger partial charge < -0.3 is 10.6 Å². The molecule has 1 amide bonds. The van der Waals surface area contributed by atoms with Crippen LogP contribution in [0.4, 0.5) is 0 Å². The maximum absolute atomic E-state index is 11.9. The summed E-state index contributed by atoms with van der Waals surface area (Å²) in [7, 11) is 0. The van der Waals surface area contributed by atoms with Gasteiger partial charge >= 0.3 is 0 Å². The van der Waals surface area contributed by atoms with Gasteiger partial charge in [0.25, 0.3) is 5.91 Å². The van der Waals surface area contributed by atoms with Gasteiger partial charge in [-0.3, -0.25) is 4.79 Å². The Morgan fingerprint density at radius 1 is 1.67 bits per heavy atom. The fourth-order valence-corrected chi connectivity index (χ4v) is 2.66. The fourth-order valence-electron chi connectivity index (χ4n) is 1.56. The van der Waals surface area contributed by atoms with Crippen LogP contribution in [0.5, 0.6) is 0 Å². The van der Waals surface area contributed by atoms with Gasteiger partial charge in [0.15, 0.2) is 0 Å². The largest absolute Gasteiger partial charge is 0.336 e. The third-order valence-electron chi connectivity index (χ3n) is 2.32. The van der Waals surface area contributed by atoms with Gasteiger partial charge in [-0.05, 0) is 17.9 Å². The van der Waals surface area contributed by atoms with Crippen molar-refractivity contribution in [1.29, 1.82) is 0 Å². The van der Waals surface area contributed by atoms with Crippen molar-refractivity contribution in [3.8, 4) is 0 Å². The number of carbonyl (C=O) groups excluding carboxylic acids is 1. The highest BCUT2D eigenvalue weighted by atomic mass is 35.5. The van der Waals surface area contributed by atoms with E-state index >= 15 is 0 Å². The molecule has 2 heterocycles. The van der Waals surface area contributed by atoms with Crippen LogP contribution in [0, 0.1) is 0 Å². The van der Waals surface area contributed by atoms with Gasteiger partial charge in [0.05, 0.1) is 5.02 Å². The summed E-state index contributed by atoms with van der Waals surface area (Å²) >= 11 is 7.26. The highest BCUT2D eigenvalue weighted by Gasteiger charge is 2.26. The number of amides is 1. The van der Waals surface area contributed by atoms with Crippen LogP contribution in [-0.4, -0.2) is 29.9 Å². The molecule has 1 aliphatic heterocycles. The average Bonchev–Trinajstić information content (AvgIpc) is 2.73. The second-order valence-corrected chi connectivity index (χ2v) is 4.72. The van der Waals surface area contributed by atoms with Gasteiger partial charge in [-0.1, -0.05) is 11.6 Å². The van der Waals surface area contributed by atoms with Crippen molar-refractivity contribution < 1.29 is 4.79 Å². The molecule has 1 saturated heterocycles. The van der Waals surface area contributed by atoms with Crippen LogP contribution in [0.3, 0.4) is 0 Å². The van der Waals surface area contributed by atoms with E-state index in [0.717, 1.165) is 13.0 Å². The van der Waals surface area contributed by atoms with E-state index in [-0.39, 0.29) is 24.4 Å². The maximum Gasteiger partial charge on any atom is 0.265 e. The Hall–Kier alpha value is -0.290. The molecular weight excluding hydrogens is 255 g/mol. The molecule has 15 heavy (non-hydrogen) atoms. The predicted octanol–water partition coefficient (Wildman–Crippen LogP) is 2.00. The van der Waals surface area contributed by atoms with E-state index in [2.05, 4.69) is 0 Å². The van der Waals surface area contributed by atoms with Crippen LogP contribution < -0.4 is 5.73 Å². The molecule has 1 aromatic heterocycles. The smallest absolute Gasteiger partial charge is 0.265 e. The first-order valence-electron chi connectivity index (χ1n) is 4.46. The SMILES string of the molecule is Cl.N[C@@H]1CCN(C(=O)c2sccc2Cl)C1. The monoisotopic (exact) mass is 266 g/mol. The molecule has 0 aromatic carbocycles. The topological polar surface area (TPSA) is 46.3 Å². The van der Waals surface area contributed by atoms with Crippen LogP contribution in [0.1, 0.15) is 16.1 Å². The zero-order valence-electron chi connectivity index (χ0n) is 7.98. The molecule has 6 heteroatoms. The molecule has 1 atom stereocenters. The fraction of sp³-hybridized carbons (Fsp3) is 0.444. The lowest BCUT2D eigenvalue weighted by Gasteiger charge is -2.14. The van der Waals surface area contributed by atoms with Crippen molar-refractivity contribution >= 4 is 41.3 Å². The molecule has 0 spiro atoms. The Morgan fingerprint density at radius 3 is 2.87 bits per heavy atom. The molecule has 2 rings (SSSR count). The first-order valence-corrected chi connectivity index (χ1v) is 5.72. The average molecular weight is 267 g/mol. The third kappa shape index (κ3) is 2.64. The molecule has 2 N–H and O–H groups in total. The normalized spacial score (nSPS) is 20.1. The zero-order chi connectivity index (χ0) is 10.1. The van der Waals surface area contributed by atoms with Crippen molar-refractivity contribution in [3.63, 3.8) is 0 Å². The number of hydrogen-bond donors (Lipinski definition) is 1. The Kier molecular flexibility index (Phi) is 4.40. The van der Waals surface area contributed by atoms with E-state index in [1.54, 1.807) is 11.0 Å². The van der Waals surface area contributed by atoms with Gasteiger partial charge in [0.1, 0.15) is 4.88 Å². The lowest BCUT2D eigenvalue weighted by atomic mass is 10.3. The predicted molar refractivity (Wildman–Crippen MR) is 65.1 cm³/mol. The van der Waals surface area contributed by atoms with Gasteiger partial charge in [0, 0.05) is 19.1 Å². The van der Waals surface area contributed by atoms with Crippen LogP contribution >= 0.6 is 35.3 Å². The molecule has 0 saturated carbocycles. The highest BCUT2D eigenvalue weighted by molar-refractivity contribution is 7.12. The highest BCUT2D eigenvalue weighted by Crippen LogP contribution is 2.24. The Morgan fingerprint density at radius 2 is 2.40 bits per heavy atom. The van der Waals surface area contributed by atoms with Crippen molar-refractivity contribution in [2.45, 2.75) is 12.5 Å². The van der Waals surface area contributed by atoms with Gasteiger partial charge in [0.2, 0.25) is 0 Å². The van der Waals surface area contributed by atoms with Crippen LogP contribution in [0.25, 0.3) is 0 Å². The molecule has 0 unspecified atom stereocenters. The Bertz CT molecular complexity index is 356. The summed E-state index contributed by atoms with van der Waals surface area (Å²) in [5.41, 5.74) is 5.73. The van der Waals surface area contributed by atoms with E-state index in [4.69, 9.17) is 17.3 Å². The first kappa shape index (κ1) is 12.8. The van der Waals surface area contributed by atoms with E-state index in [1.165, 1.54) is 11.3 Å². The lowest BCUT2D eigenvalue weighted by Crippen LogP contribution is -2.31. The molecule has 0 bridgehead atoms. The summed E-state index contributed by atoms with van der Waals surface area (Å²) in [5, 5.41) is 2.37. The summed E-state index contributed by atoms with van der Waals surface area (Å²) in [6.45, 7) is 1.39. The third-order valence-corrected chi connectivity index (χ3v) is 3.65. The number of rotatable bonds is 1. The first-order chi connectivity index (χ1) is 6.68. The second kappa shape index (κ2) is 5.16. The summed E-state index contributed by atoms with van der Waals surface area (Å²) in [6.07, 6.45) is 0.884. The summed E-state index contributed by atoms with van der Waals surface area (Å²) in [5.74, 6) is 0.0120. The number of likely N-dealkylation sites (tertiary alicyclic amines) is 1. The summed E-state index contributed by atoms with van der Waals surface area (Å²) in [4.78, 5) is 14.3. The minimum atomic E-state index is 0. The molecular formula is C9H12Cl2N2OS. The summed E-state index contributed by atoms with van der Waals surface area (Å²) in [6, 6.07) is 1.87. The van der Waals surface area contributed by atoms with E-state index in [0.29, 0.717) is 16.4 Å². The molecule has 1 aromatic rings. The molecule has 1 fully saturated rings. The maximum atomic E-state index is 11.9. The van der Waals surface area contributed by atoms with Crippen molar-refractivity contribution in [3.05, 3.63) is 21.3 Å². The van der Waals surface area contributed by atoms with Crippen LogP contribution in [0.15, 0.2) is 11.4 Å². The minimum Gasteiger partial charge on any atom is -0.336 e. The molecule has 1 aliphatic rings. The van der Waals surface area contributed by atoms with Gasteiger partial charge in [-0.25, -0.2) is 0 Å². The second-order valence-electron chi connectivity index (χ2n) is 3.40. The minimum absolute atomic E-state index is 0. The standard InChI is InChI=1S/C9H11ClN2OS.ClH/c10-7-2-4-14-8(7)9(13)12-3-1-6(11)5-12;/h2,4,6H,1,3,5,11H2;1H/t6-;/m1./s1. The summed E-state index contributed by atoms with van der Waals surface area (Å²) < 4.78 is 0. The van der Waals surface area contributed by atoms with E-state index in [9.17, 15) is 4.79 Å². The van der Waals surface area contributed by atoms with Crippen molar-refractivity contribution in [2.24, 2.45) is 5.73 Å². The van der Waals surface area contributed by atoms with Crippen LogP contribution in [-0.2, 0) is 0 Å². The van der Waals surface area contributed by atoms with E-state index < -0.39 is 0 Å². The van der Waals surface area contributed by atoms with Crippen LogP contribution in [0.2, 0.25) is 5.02 Å². The number of nitrogens with two attached hydrogens (primary N) is 1. The van der Waals surface area contributed by atoms with Crippen molar-refractivity contribution in [1.82, 2.24) is 4.90 Å². The lowest BCUT2D eigenvalue weighted by molar-refractivity contribution is 0.0796. The Labute approximate surface area is 104 Å². The van der Waals surface area contributed by atoms with Crippen molar-refractivity contribution in [2.75, 3.05) is 13.1 Å². The molecule has 0 radical (unpaired) electrons. The molecule has 3 nitrogen and oxygen atoms in total. The molecule has 0 aliphatic carbocycles. The number of halogens is 2. The van der Waals surface area contributed by atoms with E-state index in [1.807, 2.05) is 5.38 Å². The molecule has 84 valence electrons. The number of thiophene rings is 1. The van der Waals surface area contributed by atoms with Gasteiger partial charge in [-0.2, -0.15) is 0 Å². The van der Waals surface area contributed by atoms with Gasteiger partial charge in [-0.15, -0.1) is 23.7 Å². The number of nitrogens with zero attached hydrogens (tertiary/aromatic N) is 1. The number of hydrogen-bond acceptors (Lipinski definition) is 3. The number of carbonyl (C=O) groups is 1. The zero-order valence-corrected chi connectivity index (χ0v) is 10.4. The quantitative estimate of drug-likeness (QED) is 0.845. The Balaban J connectivity index is 0.00000112.